The van der Waals surface area contributed by atoms with Crippen LogP contribution >= 0.6 is 39.9 Å². The number of nitrogens with one attached hydrogen (secondary N) is 2. The number of nitrogens with zero attached hydrogens (tertiary/aromatic N) is 1. The molecule has 122 valence electrons. The molecule has 0 unspecified atom stereocenters. The average Bonchev–Trinajstić information content (AvgIpc) is 2.55. The molecular weight excluding hydrogens is 453 g/mol. The third kappa shape index (κ3) is 4.37. The summed E-state index contributed by atoms with van der Waals surface area (Å²) < 4.78 is 1.18. The standard InChI is InChI=1S/C17H24BrN3.HI/c18-15-7-4-6-14(12-15)17(8-2-1-3-9-17)13-21-16-19-10-5-11-20-16;/h4,6-7,12H,1-3,5,8-11,13H2,(H2,19,20,21);1H. The van der Waals surface area contributed by atoms with E-state index in [-0.39, 0.29) is 29.4 Å². The molecule has 3 nitrogen and oxygen atoms in total. The highest BCUT2D eigenvalue weighted by Crippen LogP contribution is 2.39. The van der Waals surface area contributed by atoms with Crippen molar-refractivity contribution < 1.29 is 0 Å². The minimum Gasteiger partial charge on any atom is -0.356 e. The smallest absolute Gasteiger partial charge is 0.191 e. The quantitative estimate of drug-likeness (QED) is 0.640. The van der Waals surface area contributed by atoms with Crippen molar-refractivity contribution in [1.82, 2.24) is 10.6 Å². The van der Waals surface area contributed by atoms with Crippen LogP contribution in [0.25, 0.3) is 0 Å². The third-order valence-electron chi connectivity index (χ3n) is 4.74. The van der Waals surface area contributed by atoms with Crippen LogP contribution in [0.2, 0.25) is 0 Å². The van der Waals surface area contributed by atoms with Crippen molar-refractivity contribution in [2.75, 3.05) is 19.6 Å². The molecule has 3 rings (SSSR count). The molecule has 2 N–H and O–H groups in total. The van der Waals surface area contributed by atoms with E-state index in [1.165, 1.54) is 42.1 Å². The third-order valence-corrected chi connectivity index (χ3v) is 5.23. The molecule has 0 bridgehead atoms. The van der Waals surface area contributed by atoms with Gasteiger partial charge in [-0.1, -0.05) is 47.3 Å². The summed E-state index contributed by atoms with van der Waals surface area (Å²) in [5.41, 5.74) is 1.71. The molecule has 0 saturated heterocycles. The predicted octanol–water partition coefficient (Wildman–Crippen LogP) is 4.21. The summed E-state index contributed by atoms with van der Waals surface area (Å²) in [6, 6.07) is 8.85. The van der Waals surface area contributed by atoms with Gasteiger partial charge in [-0.3, -0.25) is 4.99 Å². The van der Waals surface area contributed by atoms with E-state index in [9.17, 15) is 0 Å². The molecule has 1 aromatic carbocycles. The van der Waals surface area contributed by atoms with E-state index in [0.29, 0.717) is 0 Å². The van der Waals surface area contributed by atoms with Gasteiger partial charge in [-0.15, -0.1) is 24.0 Å². The maximum Gasteiger partial charge on any atom is 0.191 e. The van der Waals surface area contributed by atoms with E-state index in [1.54, 1.807) is 0 Å². The van der Waals surface area contributed by atoms with Crippen molar-refractivity contribution in [3.63, 3.8) is 0 Å². The molecule has 0 aromatic heterocycles. The minimum absolute atomic E-state index is 0. The minimum atomic E-state index is 0. The number of rotatable bonds is 3. The van der Waals surface area contributed by atoms with E-state index in [2.05, 4.69) is 55.8 Å². The first-order valence-corrected chi connectivity index (χ1v) is 8.86. The van der Waals surface area contributed by atoms with E-state index in [0.717, 1.165) is 32.0 Å². The molecular formula is C17H25BrIN3. The van der Waals surface area contributed by atoms with Gasteiger partial charge < -0.3 is 10.6 Å². The highest BCUT2D eigenvalue weighted by molar-refractivity contribution is 14.0. The van der Waals surface area contributed by atoms with Crippen molar-refractivity contribution in [2.24, 2.45) is 4.99 Å². The second kappa shape index (κ2) is 8.52. The van der Waals surface area contributed by atoms with Gasteiger partial charge >= 0.3 is 0 Å². The second-order valence-electron chi connectivity index (χ2n) is 6.22. The fourth-order valence-corrected chi connectivity index (χ4v) is 3.92. The van der Waals surface area contributed by atoms with Gasteiger partial charge in [0.25, 0.3) is 0 Å². The van der Waals surface area contributed by atoms with E-state index in [4.69, 9.17) is 0 Å². The van der Waals surface area contributed by atoms with Gasteiger partial charge in [0.05, 0.1) is 0 Å². The Hall–Kier alpha value is -0.300. The molecule has 0 radical (unpaired) electrons. The maximum atomic E-state index is 4.54. The van der Waals surface area contributed by atoms with Crippen LogP contribution in [0.15, 0.2) is 33.7 Å². The maximum absolute atomic E-state index is 4.54. The number of hydrogen-bond donors (Lipinski definition) is 2. The Bertz CT molecular complexity index is 512. The van der Waals surface area contributed by atoms with Gasteiger partial charge in [-0.2, -0.15) is 0 Å². The first kappa shape index (κ1) is 18.0. The summed E-state index contributed by atoms with van der Waals surface area (Å²) >= 11 is 3.62. The van der Waals surface area contributed by atoms with Gasteiger partial charge in [0, 0.05) is 29.5 Å². The largest absolute Gasteiger partial charge is 0.356 e. The van der Waals surface area contributed by atoms with Gasteiger partial charge in [0.1, 0.15) is 0 Å². The Morgan fingerprint density at radius 1 is 1.18 bits per heavy atom. The molecule has 1 fully saturated rings. The summed E-state index contributed by atoms with van der Waals surface area (Å²) in [4.78, 5) is 4.54. The van der Waals surface area contributed by atoms with E-state index >= 15 is 0 Å². The molecule has 2 aliphatic rings. The Labute approximate surface area is 158 Å². The van der Waals surface area contributed by atoms with Crippen LogP contribution in [0.4, 0.5) is 0 Å². The van der Waals surface area contributed by atoms with Gasteiger partial charge in [-0.05, 0) is 37.0 Å². The lowest BCUT2D eigenvalue weighted by Crippen LogP contribution is -2.48. The topological polar surface area (TPSA) is 36.4 Å². The van der Waals surface area contributed by atoms with Crippen LogP contribution in [0, 0.1) is 0 Å². The SMILES string of the molecule is Brc1cccc(C2(CNC3=NCCCN3)CCCCC2)c1.I. The van der Waals surface area contributed by atoms with Crippen LogP contribution in [-0.2, 0) is 5.41 Å². The van der Waals surface area contributed by atoms with Gasteiger partial charge in [-0.25, -0.2) is 0 Å². The zero-order chi connectivity index (χ0) is 14.5. The van der Waals surface area contributed by atoms with Crippen molar-refractivity contribution in [2.45, 2.75) is 43.9 Å². The van der Waals surface area contributed by atoms with E-state index < -0.39 is 0 Å². The molecule has 1 saturated carbocycles. The summed E-state index contributed by atoms with van der Waals surface area (Å²) in [5.74, 6) is 0.987. The molecule has 22 heavy (non-hydrogen) atoms. The highest BCUT2D eigenvalue weighted by Gasteiger charge is 2.34. The summed E-state index contributed by atoms with van der Waals surface area (Å²) in [6.07, 6.45) is 7.70. The normalized spacial score (nSPS) is 20.3. The monoisotopic (exact) mass is 477 g/mol. The molecule has 1 aromatic rings. The van der Waals surface area contributed by atoms with Crippen LogP contribution in [0.3, 0.4) is 0 Å². The molecule has 5 heteroatoms. The summed E-state index contributed by atoms with van der Waals surface area (Å²) in [7, 11) is 0. The molecule has 1 aliphatic carbocycles. The fourth-order valence-electron chi connectivity index (χ4n) is 3.52. The van der Waals surface area contributed by atoms with Gasteiger partial charge in [0.15, 0.2) is 5.96 Å². The Morgan fingerprint density at radius 3 is 2.68 bits per heavy atom. The lowest BCUT2D eigenvalue weighted by Gasteiger charge is -2.38. The average molecular weight is 478 g/mol. The molecule has 0 spiro atoms. The second-order valence-corrected chi connectivity index (χ2v) is 7.13. The number of benzene rings is 1. The zero-order valence-electron chi connectivity index (χ0n) is 12.9. The summed E-state index contributed by atoms with van der Waals surface area (Å²) in [6.45, 7) is 2.96. The van der Waals surface area contributed by atoms with Crippen LogP contribution in [-0.4, -0.2) is 25.6 Å². The lowest BCUT2D eigenvalue weighted by molar-refractivity contribution is 0.291. The van der Waals surface area contributed by atoms with Crippen molar-refractivity contribution in [3.8, 4) is 0 Å². The Morgan fingerprint density at radius 2 is 2.00 bits per heavy atom. The number of hydrogen-bond acceptors (Lipinski definition) is 3. The molecule has 0 atom stereocenters. The van der Waals surface area contributed by atoms with Crippen LogP contribution < -0.4 is 10.6 Å². The van der Waals surface area contributed by atoms with E-state index in [1.807, 2.05) is 0 Å². The van der Waals surface area contributed by atoms with Crippen LogP contribution in [0.5, 0.6) is 0 Å². The lowest BCUT2D eigenvalue weighted by atomic mass is 9.69. The fraction of sp³-hybridized carbons (Fsp3) is 0.588. The predicted molar refractivity (Wildman–Crippen MR) is 107 cm³/mol. The number of guanidine groups is 1. The number of halogens is 2. The summed E-state index contributed by atoms with van der Waals surface area (Å²) in [5, 5.41) is 6.94. The molecule has 1 aliphatic heterocycles. The van der Waals surface area contributed by atoms with Crippen molar-refractivity contribution in [1.29, 1.82) is 0 Å². The van der Waals surface area contributed by atoms with Crippen molar-refractivity contribution in [3.05, 3.63) is 34.3 Å². The van der Waals surface area contributed by atoms with Gasteiger partial charge in [0.2, 0.25) is 0 Å². The first-order valence-electron chi connectivity index (χ1n) is 8.07. The highest BCUT2D eigenvalue weighted by atomic mass is 127. The Balaban J connectivity index is 0.00000176. The van der Waals surface area contributed by atoms with Crippen LogP contribution in [0.1, 0.15) is 44.1 Å². The molecule has 1 heterocycles. The van der Waals surface area contributed by atoms with Crippen molar-refractivity contribution >= 4 is 45.9 Å². The number of aliphatic imine (C=N–C) groups is 1. The molecule has 0 amide bonds. The Kier molecular flexibility index (Phi) is 6.99. The first-order chi connectivity index (χ1) is 10.3. The zero-order valence-corrected chi connectivity index (χ0v) is 16.8.